The van der Waals surface area contributed by atoms with E-state index in [0.717, 1.165) is 12.8 Å². The van der Waals surface area contributed by atoms with Gasteiger partial charge in [-0.3, -0.25) is 9.59 Å². The summed E-state index contributed by atoms with van der Waals surface area (Å²) in [5.41, 5.74) is 0.520. The molecule has 0 unspecified atom stereocenters. The molecule has 1 aromatic carbocycles. The molecule has 29 heavy (non-hydrogen) atoms. The molecule has 3 rings (SSSR count). The van der Waals surface area contributed by atoms with E-state index in [4.69, 9.17) is 16.1 Å². The lowest BCUT2D eigenvalue weighted by molar-refractivity contribution is -0.130. The second-order valence-corrected chi connectivity index (χ2v) is 8.21. The van der Waals surface area contributed by atoms with E-state index >= 15 is 0 Å². The summed E-state index contributed by atoms with van der Waals surface area (Å²) in [4.78, 5) is 27.4. The molecule has 0 spiro atoms. The van der Waals surface area contributed by atoms with Gasteiger partial charge in [-0.1, -0.05) is 43.9 Å². The fourth-order valence-electron chi connectivity index (χ4n) is 3.57. The Labute approximate surface area is 174 Å². The Morgan fingerprint density at radius 3 is 2.83 bits per heavy atom. The fraction of sp³-hybridized carbons (Fsp3) is 0.476. The van der Waals surface area contributed by atoms with Gasteiger partial charge in [-0.2, -0.15) is 0 Å². The topological polar surface area (TPSA) is 75.4 Å². The van der Waals surface area contributed by atoms with Gasteiger partial charge in [0, 0.05) is 24.2 Å². The van der Waals surface area contributed by atoms with Crippen molar-refractivity contribution in [2.24, 2.45) is 5.92 Å². The number of amides is 2. The van der Waals surface area contributed by atoms with Crippen LogP contribution >= 0.6 is 11.6 Å². The molecule has 156 valence electrons. The minimum absolute atomic E-state index is 0.00221. The van der Waals surface area contributed by atoms with Crippen LogP contribution in [0.15, 0.2) is 28.8 Å². The molecule has 0 bridgehead atoms. The third kappa shape index (κ3) is 4.78. The molecule has 2 atom stereocenters. The van der Waals surface area contributed by atoms with E-state index in [2.05, 4.69) is 10.5 Å². The summed E-state index contributed by atoms with van der Waals surface area (Å²) < 4.78 is 19.0. The highest BCUT2D eigenvalue weighted by Crippen LogP contribution is 2.26. The molecule has 2 heterocycles. The zero-order valence-electron chi connectivity index (χ0n) is 16.7. The van der Waals surface area contributed by atoms with Crippen molar-refractivity contribution in [1.82, 2.24) is 15.4 Å². The van der Waals surface area contributed by atoms with Crippen molar-refractivity contribution < 1.29 is 18.5 Å². The molecule has 0 saturated carbocycles. The normalized spacial score (nSPS) is 19.5. The van der Waals surface area contributed by atoms with E-state index in [9.17, 15) is 14.0 Å². The summed E-state index contributed by atoms with van der Waals surface area (Å²) in [6.45, 7) is 6.48. The van der Waals surface area contributed by atoms with Crippen LogP contribution in [0.3, 0.4) is 0 Å². The third-order valence-electron chi connectivity index (χ3n) is 4.97. The van der Waals surface area contributed by atoms with Gasteiger partial charge in [0.15, 0.2) is 11.5 Å². The Kier molecular flexibility index (Phi) is 6.57. The summed E-state index contributed by atoms with van der Waals surface area (Å²) in [5.74, 6) is -0.582. The summed E-state index contributed by atoms with van der Waals surface area (Å²) >= 11 is 5.72. The molecule has 0 aliphatic carbocycles. The number of benzene rings is 1. The van der Waals surface area contributed by atoms with Crippen molar-refractivity contribution in [3.8, 4) is 11.3 Å². The first-order chi connectivity index (χ1) is 13.8. The van der Waals surface area contributed by atoms with Gasteiger partial charge in [-0.05, 0) is 37.0 Å². The average molecular weight is 422 g/mol. The zero-order valence-corrected chi connectivity index (χ0v) is 17.5. The molecule has 0 radical (unpaired) electrons. The molecule has 1 aliphatic rings. The lowest BCUT2D eigenvalue weighted by Crippen LogP contribution is -2.61. The molecule has 6 nitrogen and oxygen atoms in total. The maximum Gasteiger partial charge on any atom is 0.276 e. The predicted octanol–water partition coefficient (Wildman–Crippen LogP) is 4.29. The van der Waals surface area contributed by atoms with E-state index in [1.165, 1.54) is 18.2 Å². The molecule has 1 N–H and O–H groups in total. The largest absolute Gasteiger partial charge is 0.355 e. The SMILES string of the molecule is CCC[C@H]1CN(C(=O)c2cc(-c3ccc(Cl)c(F)c3)on2)[C@@H](CC(C)C)C(=O)N1. The summed E-state index contributed by atoms with van der Waals surface area (Å²) in [6, 6.07) is 5.07. The Morgan fingerprint density at radius 1 is 1.41 bits per heavy atom. The van der Waals surface area contributed by atoms with Crippen LogP contribution in [0.1, 0.15) is 50.5 Å². The summed E-state index contributed by atoms with van der Waals surface area (Å²) in [6.07, 6.45) is 2.25. The van der Waals surface area contributed by atoms with Gasteiger partial charge in [0.2, 0.25) is 5.91 Å². The molecule has 1 aromatic heterocycles. The van der Waals surface area contributed by atoms with Gasteiger partial charge < -0.3 is 14.7 Å². The maximum atomic E-state index is 13.7. The molecule has 8 heteroatoms. The van der Waals surface area contributed by atoms with Crippen LogP contribution < -0.4 is 5.32 Å². The fourth-order valence-corrected chi connectivity index (χ4v) is 3.69. The molecule has 1 aliphatic heterocycles. The van der Waals surface area contributed by atoms with Crippen LogP contribution in [0.2, 0.25) is 5.02 Å². The van der Waals surface area contributed by atoms with Crippen LogP contribution in [-0.4, -0.2) is 40.5 Å². The Hall–Kier alpha value is -2.41. The van der Waals surface area contributed by atoms with Gasteiger partial charge >= 0.3 is 0 Å². The third-order valence-corrected chi connectivity index (χ3v) is 5.27. The zero-order chi connectivity index (χ0) is 21.1. The van der Waals surface area contributed by atoms with E-state index in [-0.39, 0.29) is 40.3 Å². The standard InChI is InChI=1S/C21H25ClFN3O3/c1-4-5-14-11-26(18(8-12(2)3)20(27)24-14)21(28)17-10-19(29-25-17)13-6-7-15(22)16(23)9-13/h6-7,9-10,12,14,18H,4-5,8,11H2,1-3H3,(H,24,27)/t14-,18-/m0/s1. The quantitative estimate of drug-likeness (QED) is 0.754. The van der Waals surface area contributed by atoms with Crippen molar-refractivity contribution in [2.45, 2.75) is 52.1 Å². The number of carbonyl (C=O) groups is 2. The van der Waals surface area contributed by atoms with Crippen molar-refractivity contribution >= 4 is 23.4 Å². The number of aromatic nitrogens is 1. The van der Waals surface area contributed by atoms with Crippen molar-refractivity contribution in [1.29, 1.82) is 0 Å². The highest BCUT2D eigenvalue weighted by atomic mass is 35.5. The van der Waals surface area contributed by atoms with Crippen LogP contribution in [-0.2, 0) is 4.79 Å². The van der Waals surface area contributed by atoms with Crippen LogP contribution in [0, 0.1) is 11.7 Å². The minimum Gasteiger partial charge on any atom is -0.355 e. The number of piperazine rings is 1. The van der Waals surface area contributed by atoms with Crippen LogP contribution in [0.25, 0.3) is 11.3 Å². The minimum atomic E-state index is -0.583. The number of halogens is 2. The Morgan fingerprint density at radius 2 is 2.17 bits per heavy atom. The van der Waals surface area contributed by atoms with Crippen molar-refractivity contribution in [2.75, 3.05) is 6.54 Å². The number of nitrogens with zero attached hydrogens (tertiary/aromatic N) is 2. The molecule has 2 amide bonds. The smallest absolute Gasteiger partial charge is 0.276 e. The van der Waals surface area contributed by atoms with Crippen LogP contribution in [0.4, 0.5) is 4.39 Å². The van der Waals surface area contributed by atoms with Gasteiger partial charge in [0.25, 0.3) is 5.91 Å². The average Bonchev–Trinajstić information content (AvgIpc) is 3.15. The van der Waals surface area contributed by atoms with Crippen molar-refractivity contribution in [3.63, 3.8) is 0 Å². The number of hydrogen-bond donors (Lipinski definition) is 1. The summed E-state index contributed by atoms with van der Waals surface area (Å²) in [7, 11) is 0. The Balaban J connectivity index is 1.86. The highest BCUT2D eigenvalue weighted by Gasteiger charge is 2.38. The lowest BCUT2D eigenvalue weighted by atomic mass is 9.96. The van der Waals surface area contributed by atoms with E-state index < -0.39 is 11.9 Å². The van der Waals surface area contributed by atoms with E-state index in [1.807, 2.05) is 20.8 Å². The Bertz CT molecular complexity index is 899. The predicted molar refractivity (Wildman–Crippen MR) is 108 cm³/mol. The summed E-state index contributed by atoms with van der Waals surface area (Å²) in [5, 5.41) is 6.90. The maximum absolute atomic E-state index is 13.7. The van der Waals surface area contributed by atoms with E-state index in [0.29, 0.717) is 18.5 Å². The molecular weight excluding hydrogens is 397 g/mol. The molecule has 1 fully saturated rings. The second-order valence-electron chi connectivity index (χ2n) is 7.80. The van der Waals surface area contributed by atoms with Gasteiger partial charge in [0.1, 0.15) is 11.9 Å². The first kappa shape index (κ1) is 21.3. The van der Waals surface area contributed by atoms with Gasteiger partial charge in [-0.15, -0.1) is 0 Å². The second kappa shape index (κ2) is 8.95. The van der Waals surface area contributed by atoms with Crippen molar-refractivity contribution in [3.05, 3.63) is 40.8 Å². The first-order valence-corrected chi connectivity index (χ1v) is 10.2. The molecular formula is C21H25ClFN3O3. The number of nitrogens with one attached hydrogen (secondary N) is 1. The molecule has 2 aromatic rings. The number of rotatable bonds is 6. The number of carbonyl (C=O) groups excluding carboxylic acids is 2. The first-order valence-electron chi connectivity index (χ1n) is 9.83. The van der Waals surface area contributed by atoms with E-state index in [1.54, 1.807) is 11.0 Å². The molecule has 1 saturated heterocycles. The lowest BCUT2D eigenvalue weighted by Gasteiger charge is -2.39. The monoisotopic (exact) mass is 421 g/mol. The van der Waals surface area contributed by atoms with Gasteiger partial charge in [-0.25, -0.2) is 4.39 Å². The highest BCUT2D eigenvalue weighted by molar-refractivity contribution is 6.30. The number of hydrogen-bond acceptors (Lipinski definition) is 4. The van der Waals surface area contributed by atoms with Gasteiger partial charge in [0.05, 0.1) is 5.02 Å². The van der Waals surface area contributed by atoms with Crippen LogP contribution in [0.5, 0.6) is 0 Å².